The minimum Gasteiger partial charge on any atom is -0.361 e. The normalized spacial score (nSPS) is 11.5. The number of likely N-dealkylation sites (N-methyl/N-ethyl adjacent to an activating group) is 2. The summed E-state index contributed by atoms with van der Waals surface area (Å²) in [4.78, 5) is 7.74. The Hall–Kier alpha value is -2.38. The molecule has 0 spiro atoms. The van der Waals surface area contributed by atoms with Crippen LogP contribution >= 0.6 is 31.9 Å². The maximum Gasteiger partial charge on any atom is 0.0487 e. The number of hydrogen-bond acceptors (Lipinski definition) is 2. The van der Waals surface area contributed by atoms with Crippen LogP contribution in [0.1, 0.15) is 16.7 Å². The van der Waals surface area contributed by atoms with Crippen molar-refractivity contribution >= 4 is 53.7 Å². The lowest BCUT2D eigenvalue weighted by Gasteiger charge is -2.08. The predicted molar refractivity (Wildman–Crippen MR) is 166 cm³/mol. The molecule has 2 aromatic heterocycles. The Bertz CT molecular complexity index is 1430. The Morgan fingerprint density at radius 1 is 0.730 bits per heavy atom. The van der Waals surface area contributed by atoms with Gasteiger partial charge in [-0.15, -0.1) is 0 Å². The van der Waals surface area contributed by atoms with E-state index in [0.717, 1.165) is 41.4 Å². The number of benzene rings is 3. The van der Waals surface area contributed by atoms with Crippen molar-refractivity contribution in [3.8, 4) is 0 Å². The predicted octanol–water partition coefficient (Wildman–Crippen LogP) is 7.59. The van der Waals surface area contributed by atoms with Crippen molar-refractivity contribution in [2.75, 3.05) is 41.3 Å². The molecule has 0 atom stereocenters. The van der Waals surface area contributed by atoms with E-state index >= 15 is 0 Å². The minimum absolute atomic E-state index is 0.918. The second kappa shape index (κ2) is 12.9. The summed E-state index contributed by atoms with van der Waals surface area (Å²) in [6, 6.07) is 23.6. The highest BCUT2D eigenvalue weighted by molar-refractivity contribution is 9.10. The van der Waals surface area contributed by atoms with E-state index in [0.29, 0.717) is 0 Å². The molecule has 0 unspecified atom stereocenters. The average Bonchev–Trinajstić information content (AvgIpc) is 3.42. The third-order valence-electron chi connectivity index (χ3n) is 6.51. The van der Waals surface area contributed by atoms with Gasteiger partial charge in [-0.3, -0.25) is 0 Å². The Labute approximate surface area is 237 Å². The van der Waals surface area contributed by atoms with E-state index in [1.165, 1.54) is 38.5 Å². The molecule has 194 valence electrons. The van der Waals surface area contributed by atoms with E-state index in [9.17, 15) is 0 Å². The molecule has 0 bridgehead atoms. The van der Waals surface area contributed by atoms with Crippen LogP contribution in [0, 0.1) is 0 Å². The molecule has 5 rings (SSSR count). The van der Waals surface area contributed by atoms with Crippen molar-refractivity contribution in [2.45, 2.75) is 19.4 Å². The molecule has 0 saturated heterocycles. The van der Waals surface area contributed by atoms with Gasteiger partial charge in [0, 0.05) is 62.8 Å². The lowest BCUT2D eigenvalue weighted by atomic mass is 10.1. The maximum atomic E-state index is 3.60. The van der Waals surface area contributed by atoms with Crippen LogP contribution < -0.4 is 0 Å². The van der Waals surface area contributed by atoms with Gasteiger partial charge in [0.1, 0.15) is 0 Å². The molecule has 4 nitrogen and oxygen atoms in total. The summed E-state index contributed by atoms with van der Waals surface area (Å²) in [7, 11) is 8.45. The van der Waals surface area contributed by atoms with Crippen LogP contribution in [0.3, 0.4) is 0 Å². The molecular formula is C31H36Br2N4. The summed E-state index contributed by atoms with van der Waals surface area (Å²) in [6.07, 6.45) is 6.58. The number of aromatic nitrogens is 2. The standard InChI is InChI=1S/C19H21BrN2.C12H15BrN2/c1-21(2)11-10-16-14-22(13-15-6-4-3-5-7-15)19-9-8-17(20)12-18(16)19;1-15(2)6-5-9-8-14-12-4-3-10(13)7-11(9)12/h3-9,12,14H,10-11,13H2,1-2H3;3-4,7-8,14H,5-6H2,1-2H3. The highest BCUT2D eigenvalue weighted by atomic mass is 79.9. The third kappa shape index (κ3) is 7.57. The van der Waals surface area contributed by atoms with E-state index in [1.54, 1.807) is 0 Å². The molecule has 0 radical (unpaired) electrons. The molecule has 2 heterocycles. The monoisotopic (exact) mass is 622 g/mol. The molecule has 0 amide bonds. The second-order valence-corrected chi connectivity index (χ2v) is 11.9. The number of rotatable bonds is 8. The molecule has 0 saturated carbocycles. The highest BCUT2D eigenvalue weighted by Crippen LogP contribution is 2.27. The van der Waals surface area contributed by atoms with Gasteiger partial charge in [-0.2, -0.15) is 0 Å². The molecule has 1 N–H and O–H groups in total. The van der Waals surface area contributed by atoms with Crippen molar-refractivity contribution < 1.29 is 0 Å². The quantitative estimate of drug-likeness (QED) is 0.193. The van der Waals surface area contributed by atoms with Crippen LogP contribution in [0.5, 0.6) is 0 Å². The van der Waals surface area contributed by atoms with Crippen LogP contribution in [0.4, 0.5) is 0 Å². The van der Waals surface area contributed by atoms with Gasteiger partial charge in [0.2, 0.25) is 0 Å². The van der Waals surface area contributed by atoms with Crippen molar-refractivity contribution in [3.63, 3.8) is 0 Å². The van der Waals surface area contributed by atoms with Gasteiger partial charge in [-0.1, -0.05) is 62.2 Å². The summed E-state index contributed by atoms with van der Waals surface area (Å²) in [5.74, 6) is 0. The molecule has 3 aromatic carbocycles. The van der Waals surface area contributed by atoms with Crippen molar-refractivity contribution in [2.24, 2.45) is 0 Å². The third-order valence-corrected chi connectivity index (χ3v) is 7.49. The number of aromatic amines is 1. The van der Waals surface area contributed by atoms with Crippen LogP contribution in [0.15, 0.2) is 88.1 Å². The van der Waals surface area contributed by atoms with Crippen molar-refractivity contribution in [1.82, 2.24) is 19.4 Å². The summed E-state index contributed by atoms with van der Waals surface area (Å²) >= 11 is 7.11. The summed E-state index contributed by atoms with van der Waals surface area (Å²) < 4.78 is 4.64. The zero-order valence-electron chi connectivity index (χ0n) is 22.1. The Morgan fingerprint density at radius 2 is 1.35 bits per heavy atom. The average molecular weight is 624 g/mol. The van der Waals surface area contributed by atoms with Crippen LogP contribution in [-0.2, 0) is 19.4 Å². The van der Waals surface area contributed by atoms with Gasteiger partial charge in [-0.05, 0) is 94.1 Å². The van der Waals surface area contributed by atoms with Gasteiger partial charge in [-0.25, -0.2) is 0 Å². The van der Waals surface area contributed by atoms with E-state index < -0.39 is 0 Å². The largest absolute Gasteiger partial charge is 0.361 e. The molecule has 0 fully saturated rings. The molecule has 0 aliphatic rings. The molecule has 5 aromatic rings. The van der Waals surface area contributed by atoms with E-state index in [2.05, 4.69) is 159 Å². The number of H-pyrrole nitrogens is 1. The Morgan fingerprint density at radius 3 is 2.03 bits per heavy atom. The van der Waals surface area contributed by atoms with Gasteiger partial charge >= 0.3 is 0 Å². The first-order valence-electron chi connectivity index (χ1n) is 12.7. The molecular weight excluding hydrogens is 588 g/mol. The fraction of sp³-hybridized carbons (Fsp3) is 0.290. The van der Waals surface area contributed by atoms with E-state index in [1.807, 2.05) is 0 Å². The van der Waals surface area contributed by atoms with Gasteiger partial charge in [0.25, 0.3) is 0 Å². The van der Waals surface area contributed by atoms with Gasteiger partial charge < -0.3 is 19.4 Å². The Balaban J connectivity index is 0.000000186. The van der Waals surface area contributed by atoms with E-state index in [-0.39, 0.29) is 0 Å². The van der Waals surface area contributed by atoms with Crippen LogP contribution in [-0.4, -0.2) is 60.6 Å². The fourth-order valence-corrected chi connectivity index (χ4v) is 5.22. The minimum atomic E-state index is 0.918. The number of nitrogens with one attached hydrogen (secondary N) is 1. The highest BCUT2D eigenvalue weighted by Gasteiger charge is 2.10. The summed E-state index contributed by atoms with van der Waals surface area (Å²) in [5, 5.41) is 2.68. The lowest BCUT2D eigenvalue weighted by molar-refractivity contribution is 0.414. The number of halogens is 2. The van der Waals surface area contributed by atoms with Gasteiger partial charge in [0.05, 0.1) is 0 Å². The lowest BCUT2D eigenvalue weighted by Crippen LogP contribution is -2.14. The topological polar surface area (TPSA) is 27.2 Å². The molecule has 0 aliphatic heterocycles. The summed E-state index contributed by atoms with van der Waals surface area (Å²) in [5.41, 5.74) is 6.66. The van der Waals surface area contributed by atoms with Gasteiger partial charge in [0.15, 0.2) is 0 Å². The van der Waals surface area contributed by atoms with E-state index in [4.69, 9.17) is 0 Å². The summed E-state index contributed by atoms with van der Waals surface area (Å²) in [6.45, 7) is 3.07. The smallest absolute Gasteiger partial charge is 0.0487 e. The number of fused-ring (bicyclic) bond motifs is 2. The SMILES string of the molecule is CN(C)CCc1c[nH]c2ccc(Br)cc12.CN(C)CCc1cn(Cc2ccccc2)c2ccc(Br)cc12. The van der Waals surface area contributed by atoms with Crippen LogP contribution in [0.2, 0.25) is 0 Å². The number of nitrogens with zero attached hydrogens (tertiary/aromatic N) is 3. The maximum absolute atomic E-state index is 3.60. The van der Waals surface area contributed by atoms with Crippen molar-refractivity contribution in [3.05, 3.63) is 105 Å². The molecule has 6 heteroatoms. The zero-order valence-corrected chi connectivity index (χ0v) is 25.3. The van der Waals surface area contributed by atoms with Crippen LogP contribution in [0.25, 0.3) is 21.8 Å². The first-order valence-corrected chi connectivity index (χ1v) is 14.2. The first-order chi connectivity index (χ1) is 17.8. The fourth-order valence-electron chi connectivity index (χ4n) is 4.50. The first kappa shape index (κ1) is 27.6. The number of hydrogen-bond donors (Lipinski definition) is 1. The Kier molecular flexibility index (Phi) is 9.65. The second-order valence-electron chi connectivity index (χ2n) is 10.0. The molecule has 37 heavy (non-hydrogen) atoms. The molecule has 0 aliphatic carbocycles. The zero-order chi connectivity index (χ0) is 26.4. The van der Waals surface area contributed by atoms with Crippen molar-refractivity contribution in [1.29, 1.82) is 0 Å².